The van der Waals surface area contributed by atoms with E-state index in [0.29, 0.717) is 47.8 Å². The van der Waals surface area contributed by atoms with E-state index in [-0.39, 0.29) is 11.8 Å². The van der Waals surface area contributed by atoms with Crippen molar-refractivity contribution >= 4 is 34.8 Å². The Hall–Kier alpha value is -3.53. The summed E-state index contributed by atoms with van der Waals surface area (Å²) < 4.78 is 1.80. The zero-order valence-corrected chi connectivity index (χ0v) is 21.6. The molecule has 4 aromatic rings. The Balaban J connectivity index is 1.01. The van der Waals surface area contributed by atoms with Crippen molar-refractivity contribution in [2.45, 2.75) is 6.04 Å². The van der Waals surface area contributed by atoms with Crippen molar-refractivity contribution in [3.8, 4) is 16.8 Å². The zero-order valence-electron chi connectivity index (χ0n) is 20.0. The maximum atomic E-state index is 13.0. The fourth-order valence-corrected chi connectivity index (χ4v) is 5.53. The number of nitrogens with zero attached hydrogens (tertiary/aromatic N) is 6. The Bertz CT molecular complexity index is 1390. The second kappa shape index (κ2) is 10.1. The SMILES string of the molecule is O=C(c1ccc(-n2cc(-c3ccc(Cl)cc3)cn2)cc1)N1CC(N2CCN(C(=O)c3nccs3)CC2)C1. The maximum absolute atomic E-state index is 13.0. The van der Waals surface area contributed by atoms with Crippen molar-refractivity contribution in [2.24, 2.45) is 0 Å². The first-order valence-corrected chi connectivity index (χ1v) is 13.4. The van der Waals surface area contributed by atoms with Crippen LogP contribution >= 0.6 is 22.9 Å². The Kier molecular flexibility index (Phi) is 6.50. The predicted molar refractivity (Wildman–Crippen MR) is 143 cm³/mol. The standard InChI is InChI=1S/C27H25ClN6O2S/c28-22-5-1-19(2-6-22)21-15-30-34(16-21)23-7-3-20(4-8-23)26(35)33-17-24(18-33)31-10-12-32(13-11-31)27(36)25-29-9-14-37-25/h1-9,14-16,24H,10-13,17-18H2. The predicted octanol–water partition coefficient (Wildman–Crippen LogP) is 3.93. The van der Waals surface area contributed by atoms with Gasteiger partial charge < -0.3 is 9.80 Å². The van der Waals surface area contributed by atoms with E-state index in [1.807, 2.05) is 76.1 Å². The highest BCUT2D eigenvalue weighted by molar-refractivity contribution is 7.11. The van der Waals surface area contributed by atoms with Crippen molar-refractivity contribution in [3.05, 3.63) is 88.1 Å². The number of carbonyl (C=O) groups excluding carboxylic acids is 2. The molecule has 2 saturated heterocycles. The molecule has 0 spiro atoms. The number of halogens is 1. The van der Waals surface area contributed by atoms with E-state index >= 15 is 0 Å². The third-order valence-electron chi connectivity index (χ3n) is 7.02. The van der Waals surface area contributed by atoms with E-state index in [0.717, 1.165) is 29.9 Å². The molecule has 188 valence electrons. The summed E-state index contributed by atoms with van der Waals surface area (Å²) in [6.45, 7) is 4.45. The number of thiazole rings is 1. The Morgan fingerprint density at radius 1 is 0.865 bits per heavy atom. The van der Waals surface area contributed by atoms with Crippen molar-refractivity contribution in [1.82, 2.24) is 29.5 Å². The molecule has 0 N–H and O–H groups in total. The van der Waals surface area contributed by atoms with Crippen LogP contribution in [0.15, 0.2) is 72.5 Å². The van der Waals surface area contributed by atoms with Gasteiger partial charge in [-0.15, -0.1) is 11.3 Å². The van der Waals surface area contributed by atoms with Gasteiger partial charge in [-0.25, -0.2) is 9.67 Å². The van der Waals surface area contributed by atoms with Gasteiger partial charge in [0.25, 0.3) is 11.8 Å². The molecule has 0 bridgehead atoms. The summed E-state index contributed by atoms with van der Waals surface area (Å²) in [5, 5.41) is 7.55. The molecule has 2 aliphatic rings. The Morgan fingerprint density at radius 2 is 1.59 bits per heavy atom. The topological polar surface area (TPSA) is 74.6 Å². The summed E-state index contributed by atoms with van der Waals surface area (Å²) in [6.07, 6.45) is 5.44. The van der Waals surface area contributed by atoms with Gasteiger partial charge in [0, 0.05) is 79.2 Å². The molecule has 37 heavy (non-hydrogen) atoms. The van der Waals surface area contributed by atoms with Crippen molar-refractivity contribution < 1.29 is 9.59 Å². The number of benzene rings is 2. The first-order chi connectivity index (χ1) is 18.0. The minimum Gasteiger partial charge on any atom is -0.335 e. The zero-order chi connectivity index (χ0) is 25.4. The van der Waals surface area contributed by atoms with Crippen LogP contribution in [0.5, 0.6) is 0 Å². The number of rotatable bonds is 5. The lowest BCUT2D eigenvalue weighted by Gasteiger charge is -2.48. The van der Waals surface area contributed by atoms with Crippen LogP contribution in [-0.2, 0) is 0 Å². The largest absolute Gasteiger partial charge is 0.335 e. The molecule has 0 unspecified atom stereocenters. The number of aromatic nitrogens is 3. The lowest BCUT2D eigenvalue weighted by atomic mass is 10.0. The molecule has 10 heteroatoms. The van der Waals surface area contributed by atoms with Crippen LogP contribution in [0.2, 0.25) is 5.02 Å². The molecule has 2 aliphatic heterocycles. The van der Waals surface area contributed by atoms with Crippen LogP contribution in [0.25, 0.3) is 16.8 Å². The smallest absolute Gasteiger partial charge is 0.282 e. The first-order valence-electron chi connectivity index (χ1n) is 12.2. The van der Waals surface area contributed by atoms with Gasteiger partial charge in [0.2, 0.25) is 0 Å². The lowest BCUT2D eigenvalue weighted by molar-refractivity contribution is 0.00853. The normalized spacial score (nSPS) is 16.6. The molecule has 2 aromatic carbocycles. The van der Waals surface area contributed by atoms with Gasteiger partial charge in [-0.1, -0.05) is 23.7 Å². The number of piperazine rings is 1. The Labute approximate surface area is 223 Å². The molecule has 4 heterocycles. The summed E-state index contributed by atoms with van der Waals surface area (Å²) in [5.41, 5.74) is 3.61. The van der Waals surface area contributed by atoms with Crippen LogP contribution in [0.1, 0.15) is 20.2 Å². The summed E-state index contributed by atoms with van der Waals surface area (Å²) in [4.78, 5) is 35.8. The monoisotopic (exact) mass is 532 g/mol. The molecule has 0 saturated carbocycles. The lowest BCUT2D eigenvalue weighted by Crippen LogP contribution is -2.64. The van der Waals surface area contributed by atoms with E-state index in [2.05, 4.69) is 15.0 Å². The molecular formula is C27H25ClN6O2S. The average molecular weight is 533 g/mol. The minimum absolute atomic E-state index is 0.0137. The highest BCUT2D eigenvalue weighted by atomic mass is 35.5. The van der Waals surface area contributed by atoms with Crippen LogP contribution in [0.3, 0.4) is 0 Å². The van der Waals surface area contributed by atoms with Gasteiger partial charge in [-0.2, -0.15) is 5.10 Å². The van der Waals surface area contributed by atoms with Gasteiger partial charge >= 0.3 is 0 Å². The van der Waals surface area contributed by atoms with E-state index in [1.165, 1.54) is 11.3 Å². The van der Waals surface area contributed by atoms with E-state index in [4.69, 9.17) is 11.6 Å². The fourth-order valence-electron chi connectivity index (χ4n) is 4.80. The van der Waals surface area contributed by atoms with Crippen LogP contribution in [0, 0.1) is 0 Å². The molecular weight excluding hydrogens is 508 g/mol. The van der Waals surface area contributed by atoms with Crippen LogP contribution in [0.4, 0.5) is 0 Å². The Morgan fingerprint density at radius 3 is 2.27 bits per heavy atom. The third-order valence-corrected chi connectivity index (χ3v) is 8.03. The van der Waals surface area contributed by atoms with Gasteiger partial charge in [-0.05, 0) is 42.0 Å². The third kappa shape index (κ3) is 4.90. The number of hydrogen-bond donors (Lipinski definition) is 0. The average Bonchev–Trinajstić information content (AvgIpc) is 3.62. The maximum Gasteiger partial charge on any atom is 0.282 e. The van der Waals surface area contributed by atoms with Gasteiger partial charge in [0.1, 0.15) is 0 Å². The molecule has 6 rings (SSSR count). The quantitative estimate of drug-likeness (QED) is 0.389. The molecule has 0 atom stereocenters. The van der Waals surface area contributed by atoms with E-state index < -0.39 is 0 Å². The molecule has 0 aliphatic carbocycles. The second-order valence-electron chi connectivity index (χ2n) is 9.26. The van der Waals surface area contributed by atoms with Crippen molar-refractivity contribution in [2.75, 3.05) is 39.3 Å². The summed E-state index contributed by atoms with van der Waals surface area (Å²) in [7, 11) is 0. The fraction of sp³-hybridized carbons (Fsp3) is 0.259. The van der Waals surface area contributed by atoms with E-state index in [1.54, 1.807) is 10.9 Å². The van der Waals surface area contributed by atoms with Crippen molar-refractivity contribution in [1.29, 1.82) is 0 Å². The first kappa shape index (κ1) is 23.8. The molecule has 2 fully saturated rings. The molecule has 0 radical (unpaired) electrons. The number of hydrogen-bond acceptors (Lipinski definition) is 6. The summed E-state index contributed by atoms with van der Waals surface area (Å²) >= 11 is 7.37. The van der Waals surface area contributed by atoms with Gasteiger partial charge in [0.15, 0.2) is 5.01 Å². The second-order valence-corrected chi connectivity index (χ2v) is 10.6. The van der Waals surface area contributed by atoms with Crippen LogP contribution < -0.4 is 0 Å². The van der Waals surface area contributed by atoms with Gasteiger partial charge in [0.05, 0.1) is 11.9 Å². The molecule has 2 amide bonds. The number of amides is 2. The van der Waals surface area contributed by atoms with E-state index in [9.17, 15) is 9.59 Å². The number of carbonyl (C=O) groups is 2. The van der Waals surface area contributed by atoms with Crippen molar-refractivity contribution in [3.63, 3.8) is 0 Å². The summed E-state index contributed by atoms with van der Waals surface area (Å²) in [6, 6.07) is 15.6. The molecule has 8 nitrogen and oxygen atoms in total. The van der Waals surface area contributed by atoms with Gasteiger partial charge in [-0.3, -0.25) is 14.5 Å². The minimum atomic E-state index is 0.0137. The van der Waals surface area contributed by atoms with Crippen LogP contribution in [-0.4, -0.2) is 86.6 Å². The number of likely N-dealkylation sites (tertiary alicyclic amines) is 1. The highest BCUT2D eigenvalue weighted by Gasteiger charge is 2.37. The summed E-state index contributed by atoms with van der Waals surface area (Å²) in [5.74, 6) is 0.0579. The molecule has 2 aromatic heterocycles. The highest BCUT2D eigenvalue weighted by Crippen LogP contribution is 2.24.